The van der Waals surface area contributed by atoms with Crippen molar-refractivity contribution in [2.75, 3.05) is 5.32 Å². The molecule has 1 saturated carbocycles. The monoisotopic (exact) mass is 231 g/mol. The number of hydrogen-bond donors (Lipinski definition) is 1. The van der Waals surface area contributed by atoms with Gasteiger partial charge < -0.3 is 9.88 Å². The Hall–Kier alpha value is -1.78. The van der Waals surface area contributed by atoms with Gasteiger partial charge in [-0.1, -0.05) is 0 Å². The minimum absolute atomic E-state index is 0.685. The van der Waals surface area contributed by atoms with Crippen molar-refractivity contribution in [2.45, 2.75) is 32.4 Å². The maximum atomic E-state index is 4.31. The molecule has 0 saturated heterocycles. The molecule has 2 heterocycles. The third kappa shape index (κ3) is 2.05. The average Bonchev–Trinajstić information content (AvgIpc) is 2.94. The Bertz CT molecular complexity index is 521. The molecule has 3 rings (SSSR count). The largest absolute Gasteiger partial charge is 0.377 e. The van der Waals surface area contributed by atoms with Gasteiger partial charge in [-0.05, 0) is 19.8 Å². The molecule has 0 unspecified atom stereocenters. The van der Waals surface area contributed by atoms with Crippen LogP contribution in [0, 0.1) is 6.92 Å². The highest BCUT2D eigenvalue weighted by Crippen LogP contribution is 2.35. The van der Waals surface area contributed by atoms with Crippen LogP contribution in [0.5, 0.6) is 0 Å². The molecule has 1 aliphatic carbocycles. The Kier molecular flexibility index (Phi) is 2.39. The lowest BCUT2D eigenvalue weighted by Gasteiger charge is -2.08. The van der Waals surface area contributed by atoms with Gasteiger partial charge >= 0.3 is 0 Å². The Labute approximate surface area is 100 Å². The number of nitrogens with zero attached hydrogens (tertiary/aromatic N) is 4. The number of rotatable bonds is 4. The van der Waals surface area contributed by atoms with Crippen molar-refractivity contribution in [3.8, 4) is 0 Å². The quantitative estimate of drug-likeness (QED) is 0.874. The van der Waals surface area contributed by atoms with Gasteiger partial charge in [0.2, 0.25) is 0 Å². The maximum absolute atomic E-state index is 4.31. The summed E-state index contributed by atoms with van der Waals surface area (Å²) in [6, 6.07) is 0.685. The summed E-state index contributed by atoms with van der Waals surface area (Å²) in [7, 11) is 1.94. The van der Waals surface area contributed by atoms with Gasteiger partial charge in [-0.15, -0.1) is 0 Å². The summed E-state index contributed by atoms with van der Waals surface area (Å²) in [5, 5.41) is 7.73. The van der Waals surface area contributed by atoms with E-state index in [0.717, 1.165) is 17.9 Å². The van der Waals surface area contributed by atoms with E-state index < -0.39 is 0 Å². The van der Waals surface area contributed by atoms with Crippen molar-refractivity contribution in [3.05, 3.63) is 30.1 Å². The minimum Gasteiger partial charge on any atom is -0.377 e. The standard InChI is InChI=1S/C12H17N5/c1-9-12(7-16(2)15-9)14-6-11-5-13-8-17(11)10-3-4-10/h5,7-8,10,14H,3-4,6H2,1-2H3. The molecule has 17 heavy (non-hydrogen) atoms. The summed E-state index contributed by atoms with van der Waals surface area (Å²) in [4.78, 5) is 4.23. The lowest BCUT2D eigenvalue weighted by Crippen LogP contribution is -2.06. The van der Waals surface area contributed by atoms with Crippen LogP contribution in [0.3, 0.4) is 0 Å². The fraction of sp³-hybridized carbons (Fsp3) is 0.500. The van der Waals surface area contributed by atoms with Crippen LogP contribution >= 0.6 is 0 Å². The molecule has 0 bridgehead atoms. The SMILES string of the molecule is Cc1nn(C)cc1NCc1cncn1C1CC1. The van der Waals surface area contributed by atoms with E-state index in [1.54, 1.807) is 0 Å². The predicted octanol–water partition coefficient (Wildman–Crippen LogP) is 1.87. The van der Waals surface area contributed by atoms with Crippen LogP contribution in [0.15, 0.2) is 18.7 Å². The normalized spacial score (nSPS) is 15.2. The zero-order valence-electron chi connectivity index (χ0n) is 10.2. The van der Waals surface area contributed by atoms with E-state index in [4.69, 9.17) is 0 Å². The number of anilines is 1. The lowest BCUT2D eigenvalue weighted by molar-refractivity contribution is 0.701. The molecule has 1 N–H and O–H groups in total. The van der Waals surface area contributed by atoms with Gasteiger partial charge in [-0.25, -0.2) is 4.98 Å². The number of nitrogens with one attached hydrogen (secondary N) is 1. The second-order valence-corrected chi connectivity index (χ2v) is 4.68. The molecule has 0 aromatic carbocycles. The Morgan fingerprint density at radius 3 is 2.94 bits per heavy atom. The Morgan fingerprint density at radius 1 is 1.47 bits per heavy atom. The molecule has 1 aliphatic rings. The molecule has 0 radical (unpaired) electrons. The summed E-state index contributed by atoms with van der Waals surface area (Å²) < 4.78 is 4.11. The summed E-state index contributed by atoms with van der Waals surface area (Å²) in [6.07, 6.45) is 8.46. The number of hydrogen-bond acceptors (Lipinski definition) is 3. The number of imidazole rings is 1. The van der Waals surface area contributed by atoms with Gasteiger partial charge in [-0.2, -0.15) is 5.10 Å². The van der Waals surface area contributed by atoms with Gasteiger partial charge in [0.15, 0.2) is 0 Å². The van der Waals surface area contributed by atoms with E-state index in [-0.39, 0.29) is 0 Å². The first-order chi connectivity index (χ1) is 8.24. The lowest BCUT2D eigenvalue weighted by atomic mass is 10.3. The van der Waals surface area contributed by atoms with Crippen molar-refractivity contribution < 1.29 is 0 Å². The highest BCUT2D eigenvalue weighted by atomic mass is 15.3. The van der Waals surface area contributed by atoms with Crippen LogP contribution < -0.4 is 5.32 Å². The van der Waals surface area contributed by atoms with Gasteiger partial charge in [-0.3, -0.25) is 4.68 Å². The van der Waals surface area contributed by atoms with Crippen LogP contribution in [0.4, 0.5) is 5.69 Å². The molecular weight excluding hydrogens is 214 g/mol. The molecule has 0 spiro atoms. The van der Waals surface area contributed by atoms with Crippen molar-refractivity contribution in [1.29, 1.82) is 0 Å². The van der Waals surface area contributed by atoms with Crippen LogP contribution in [-0.4, -0.2) is 19.3 Å². The number of aromatic nitrogens is 4. The second kappa shape index (κ2) is 3.91. The van der Waals surface area contributed by atoms with E-state index in [9.17, 15) is 0 Å². The molecule has 5 heteroatoms. The molecule has 2 aromatic rings. The average molecular weight is 231 g/mol. The first kappa shape index (κ1) is 10.4. The molecule has 0 atom stereocenters. The minimum atomic E-state index is 0.685. The molecular formula is C12H17N5. The molecule has 2 aromatic heterocycles. The molecule has 90 valence electrons. The van der Waals surface area contributed by atoms with E-state index in [1.165, 1.54) is 18.5 Å². The molecule has 5 nitrogen and oxygen atoms in total. The van der Waals surface area contributed by atoms with Crippen LogP contribution in [0.2, 0.25) is 0 Å². The van der Waals surface area contributed by atoms with E-state index in [2.05, 4.69) is 20.0 Å². The van der Waals surface area contributed by atoms with Gasteiger partial charge in [0, 0.05) is 25.5 Å². The highest BCUT2D eigenvalue weighted by Gasteiger charge is 2.25. The van der Waals surface area contributed by atoms with Crippen molar-refractivity contribution in [2.24, 2.45) is 7.05 Å². The van der Waals surface area contributed by atoms with Gasteiger partial charge in [0.1, 0.15) is 0 Å². The summed E-state index contributed by atoms with van der Waals surface area (Å²) in [6.45, 7) is 2.82. The van der Waals surface area contributed by atoms with Crippen molar-refractivity contribution >= 4 is 5.69 Å². The molecule has 0 aliphatic heterocycles. The molecule has 0 amide bonds. The van der Waals surface area contributed by atoms with Gasteiger partial charge in [0.05, 0.1) is 29.9 Å². The van der Waals surface area contributed by atoms with Crippen molar-refractivity contribution in [1.82, 2.24) is 19.3 Å². The predicted molar refractivity (Wildman–Crippen MR) is 65.8 cm³/mol. The topological polar surface area (TPSA) is 47.7 Å². The van der Waals surface area contributed by atoms with E-state index >= 15 is 0 Å². The second-order valence-electron chi connectivity index (χ2n) is 4.68. The third-order valence-corrected chi connectivity index (χ3v) is 3.16. The van der Waals surface area contributed by atoms with Crippen LogP contribution in [0.1, 0.15) is 30.3 Å². The van der Waals surface area contributed by atoms with Gasteiger partial charge in [0.25, 0.3) is 0 Å². The number of aryl methyl sites for hydroxylation is 2. The smallest absolute Gasteiger partial charge is 0.0951 e. The Balaban J connectivity index is 1.71. The fourth-order valence-corrected chi connectivity index (χ4v) is 2.11. The maximum Gasteiger partial charge on any atom is 0.0951 e. The summed E-state index contributed by atoms with van der Waals surface area (Å²) in [5.74, 6) is 0. The van der Waals surface area contributed by atoms with Crippen LogP contribution in [0.25, 0.3) is 0 Å². The zero-order chi connectivity index (χ0) is 11.8. The third-order valence-electron chi connectivity index (χ3n) is 3.16. The van der Waals surface area contributed by atoms with Crippen molar-refractivity contribution in [3.63, 3.8) is 0 Å². The first-order valence-corrected chi connectivity index (χ1v) is 5.99. The van der Waals surface area contributed by atoms with Crippen LogP contribution in [-0.2, 0) is 13.6 Å². The van der Waals surface area contributed by atoms with E-state index in [0.29, 0.717) is 6.04 Å². The highest BCUT2D eigenvalue weighted by molar-refractivity contribution is 5.45. The fourth-order valence-electron chi connectivity index (χ4n) is 2.11. The summed E-state index contributed by atoms with van der Waals surface area (Å²) in [5.41, 5.74) is 3.37. The first-order valence-electron chi connectivity index (χ1n) is 5.99. The molecule has 1 fully saturated rings. The van der Waals surface area contributed by atoms with E-state index in [1.807, 2.05) is 37.4 Å². The zero-order valence-corrected chi connectivity index (χ0v) is 10.2. The summed E-state index contributed by atoms with van der Waals surface area (Å²) >= 11 is 0. The Morgan fingerprint density at radius 2 is 2.29 bits per heavy atom.